The van der Waals surface area contributed by atoms with Gasteiger partial charge in [0.05, 0.1) is 18.7 Å². The molecule has 3 N–H and O–H groups in total. The average Bonchev–Trinajstić information content (AvgIpc) is 3.30. The van der Waals surface area contributed by atoms with Gasteiger partial charge in [0.15, 0.2) is 0 Å². The van der Waals surface area contributed by atoms with Crippen molar-refractivity contribution < 1.29 is 23.8 Å². The normalized spacial score (nSPS) is 14.6. The predicted octanol–water partition coefficient (Wildman–Crippen LogP) is 5.85. The Morgan fingerprint density at radius 1 is 1.12 bits per heavy atom. The first-order valence-corrected chi connectivity index (χ1v) is 13.8. The number of rotatable bonds is 9. The van der Waals surface area contributed by atoms with Gasteiger partial charge in [0, 0.05) is 23.2 Å². The third-order valence-corrected chi connectivity index (χ3v) is 7.73. The second kappa shape index (κ2) is 11.0. The highest BCUT2D eigenvalue weighted by molar-refractivity contribution is 6.00. The molecular weight excluding hydrogens is 527 g/mol. The Morgan fingerprint density at radius 3 is 2.34 bits per heavy atom. The Bertz CT molecular complexity index is 1600. The maximum Gasteiger partial charge on any atom is 0.408 e. The lowest BCUT2D eigenvalue weighted by Crippen LogP contribution is -2.60. The second-order valence-electron chi connectivity index (χ2n) is 11.3. The summed E-state index contributed by atoms with van der Waals surface area (Å²) < 4.78 is 21.0. The molecule has 1 aliphatic rings. The summed E-state index contributed by atoms with van der Waals surface area (Å²) in [7, 11) is 0. The third kappa shape index (κ3) is 4.97. The molecule has 216 valence electrons. The molecule has 5 rings (SSSR count). The molecule has 0 unspecified atom stereocenters. The SMILES string of the molecule is CC(C)(C)N(C(=O)O)C1(c2ccc(-c3oc4nc(NCCO)n(CCF)c(=O)c4c3-c3ccccc3)cc2)CCC1. The third-order valence-electron chi connectivity index (χ3n) is 7.73. The summed E-state index contributed by atoms with van der Waals surface area (Å²) in [5, 5.41) is 22.5. The lowest BCUT2D eigenvalue weighted by Gasteiger charge is -2.54. The van der Waals surface area contributed by atoms with E-state index in [4.69, 9.17) is 4.42 Å². The van der Waals surface area contributed by atoms with Crippen LogP contribution in [0.15, 0.2) is 63.8 Å². The molecule has 0 saturated heterocycles. The fraction of sp³-hybridized carbons (Fsp3) is 0.387. The number of carbonyl (C=O) groups is 1. The van der Waals surface area contributed by atoms with Gasteiger partial charge in [-0.3, -0.25) is 14.3 Å². The van der Waals surface area contributed by atoms with Gasteiger partial charge in [-0.1, -0.05) is 54.6 Å². The molecule has 0 spiro atoms. The number of aliphatic hydroxyl groups is 1. The Labute approximate surface area is 237 Å². The van der Waals surface area contributed by atoms with Crippen molar-refractivity contribution in [2.24, 2.45) is 0 Å². The van der Waals surface area contributed by atoms with E-state index in [1.807, 2.05) is 75.4 Å². The number of alkyl halides is 1. The van der Waals surface area contributed by atoms with E-state index in [2.05, 4.69) is 10.3 Å². The largest absolute Gasteiger partial charge is 0.465 e. The van der Waals surface area contributed by atoms with Gasteiger partial charge < -0.3 is 19.9 Å². The molecule has 0 aliphatic heterocycles. The fourth-order valence-electron chi connectivity index (χ4n) is 5.96. The van der Waals surface area contributed by atoms with E-state index in [1.54, 1.807) is 4.90 Å². The summed E-state index contributed by atoms with van der Waals surface area (Å²) in [6, 6.07) is 17.0. The molecule has 2 aromatic carbocycles. The highest BCUT2D eigenvalue weighted by Crippen LogP contribution is 2.50. The number of furan rings is 1. The van der Waals surface area contributed by atoms with Crippen LogP contribution >= 0.6 is 0 Å². The average molecular weight is 563 g/mol. The number of fused-ring (bicyclic) bond motifs is 1. The number of carboxylic acid groups (broad SMARTS) is 1. The minimum absolute atomic E-state index is 0.101. The van der Waals surface area contributed by atoms with Crippen molar-refractivity contribution in [3.8, 4) is 22.5 Å². The molecule has 1 aliphatic carbocycles. The number of aliphatic hydroxyl groups excluding tert-OH is 1. The summed E-state index contributed by atoms with van der Waals surface area (Å²) >= 11 is 0. The Hall–Kier alpha value is -4.18. The maximum absolute atomic E-state index is 13.7. The number of nitrogens with zero attached hydrogens (tertiary/aromatic N) is 3. The first kappa shape index (κ1) is 28.4. The lowest BCUT2D eigenvalue weighted by molar-refractivity contribution is -0.0328. The van der Waals surface area contributed by atoms with Gasteiger partial charge in [0.25, 0.3) is 5.56 Å². The van der Waals surface area contributed by atoms with Crippen molar-refractivity contribution in [2.45, 2.75) is 57.7 Å². The minimum atomic E-state index is -0.953. The van der Waals surface area contributed by atoms with Crippen molar-refractivity contribution in [3.05, 3.63) is 70.5 Å². The quantitative estimate of drug-likeness (QED) is 0.234. The number of halogens is 1. The first-order chi connectivity index (χ1) is 19.6. The maximum atomic E-state index is 13.7. The van der Waals surface area contributed by atoms with Crippen LogP contribution in [-0.4, -0.2) is 56.1 Å². The topological polar surface area (TPSA) is 121 Å². The number of anilines is 1. The highest BCUT2D eigenvalue weighted by Gasteiger charge is 2.50. The standard InChI is InChI=1S/C31H35FN4O5/c1-30(2,3)36(29(39)40)31(14-7-15-31)22-12-10-21(11-13-22)25-23(20-8-5-4-6-9-20)24-26(41-25)34-28(33-17-19-37)35(18-16-32)27(24)38/h4-6,8-13,37H,7,14-19H2,1-3H3,(H,33,34)(H,39,40). The first-order valence-electron chi connectivity index (χ1n) is 13.8. The van der Waals surface area contributed by atoms with Crippen molar-refractivity contribution in [3.63, 3.8) is 0 Å². The molecule has 1 amide bonds. The van der Waals surface area contributed by atoms with Crippen molar-refractivity contribution in [1.29, 1.82) is 0 Å². The molecule has 0 bridgehead atoms. The highest BCUT2D eigenvalue weighted by atomic mass is 19.1. The van der Waals surface area contributed by atoms with Crippen LogP contribution in [0.25, 0.3) is 33.6 Å². The predicted molar refractivity (Wildman–Crippen MR) is 156 cm³/mol. The van der Waals surface area contributed by atoms with Crippen LogP contribution in [0.2, 0.25) is 0 Å². The van der Waals surface area contributed by atoms with Crippen LogP contribution in [0.3, 0.4) is 0 Å². The molecule has 0 atom stereocenters. The van der Waals surface area contributed by atoms with Gasteiger partial charge in [-0.2, -0.15) is 4.98 Å². The smallest absolute Gasteiger partial charge is 0.408 e. The molecule has 2 aromatic heterocycles. The van der Waals surface area contributed by atoms with Crippen molar-refractivity contribution in [1.82, 2.24) is 14.5 Å². The number of amides is 1. The number of aromatic nitrogens is 2. The Kier molecular flexibility index (Phi) is 7.61. The van der Waals surface area contributed by atoms with E-state index in [-0.39, 0.29) is 36.7 Å². The summed E-state index contributed by atoms with van der Waals surface area (Å²) in [5.74, 6) is 0.550. The molecule has 10 heteroatoms. The number of nitrogens with one attached hydrogen (secondary N) is 1. The number of hydrogen-bond donors (Lipinski definition) is 3. The van der Waals surface area contributed by atoms with Crippen LogP contribution < -0.4 is 10.9 Å². The van der Waals surface area contributed by atoms with E-state index < -0.39 is 29.4 Å². The van der Waals surface area contributed by atoms with Crippen molar-refractivity contribution >= 4 is 23.1 Å². The molecule has 41 heavy (non-hydrogen) atoms. The molecule has 0 radical (unpaired) electrons. The van der Waals surface area contributed by atoms with E-state index in [0.717, 1.165) is 30.4 Å². The zero-order valence-electron chi connectivity index (χ0n) is 23.5. The van der Waals surface area contributed by atoms with Crippen LogP contribution in [0.1, 0.15) is 45.6 Å². The molecule has 9 nitrogen and oxygen atoms in total. The Balaban J connectivity index is 1.68. The second-order valence-corrected chi connectivity index (χ2v) is 11.3. The van der Waals surface area contributed by atoms with Crippen LogP contribution in [0.5, 0.6) is 0 Å². The van der Waals surface area contributed by atoms with Gasteiger partial charge in [0.1, 0.15) is 17.8 Å². The van der Waals surface area contributed by atoms with Gasteiger partial charge in [-0.15, -0.1) is 0 Å². The van der Waals surface area contributed by atoms with Crippen molar-refractivity contribution in [2.75, 3.05) is 25.1 Å². The zero-order valence-corrected chi connectivity index (χ0v) is 23.5. The number of hydrogen-bond acceptors (Lipinski definition) is 6. The fourth-order valence-corrected chi connectivity index (χ4v) is 5.96. The van der Waals surface area contributed by atoms with Crippen LogP contribution in [0, 0.1) is 0 Å². The molecular formula is C31H35FN4O5. The van der Waals surface area contributed by atoms with Gasteiger partial charge >= 0.3 is 6.09 Å². The number of benzene rings is 2. The van der Waals surface area contributed by atoms with Crippen LogP contribution in [0.4, 0.5) is 15.1 Å². The molecule has 4 aromatic rings. The van der Waals surface area contributed by atoms with E-state index in [0.29, 0.717) is 16.9 Å². The van der Waals surface area contributed by atoms with Gasteiger partial charge in [0.2, 0.25) is 11.7 Å². The summed E-state index contributed by atoms with van der Waals surface area (Å²) in [6.45, 7) is 4.69. The monoisotopic (exact) mass is 562 g/mol. The summed E-state index contributed by atoms with van der Waals surface area (Å²) in [6.07, 6.45) is 1.45. The molecule has 2 heterocycles. The minimum Gasteiger partial charge on any atom is -0.465 e. The van der Waals surface area contributed by atoms with E-state index in [1.165, 1.54) is 4.57 Å². The van der Waals surface area contributed by atoms with E-state index in [9.17, 15) is 24.2 Å². The lowest BCUT2D eigenvalue weighted by atomic mass is 9.69. The molecule has 1 saturated carbocycles. The van der Waals surface area contributed by atoms with Gasteiger partial charge in [-0.25, -0.2) is 9.18 Å². The summed E-state index contributed by atoms with van der Waals surface area (Å²) in [4.78, 5) is 32.2. The Morgan fingerprint density at radius 2 is 1.80 bits per heavy atom. The molecule has 1 fully saturated rings. The van der Waals surface area contributed by atoms with E-state index >= 15 is 0 Å². The van der Waals surface area contributed by atoms with Gasteiger partial charge in [-0.05, 0) is 51.2 Å². The van der Waals surface area contributed by atoms with Crippen LogP contribution in [-0.2, 0) is 12.1 Å². The zero-order chi connectivity index (χ0) is 29.4. The summed E-state index contributed by atoms with van der Waals surface area (Å²) in [5.41, 5.74) is 1.34.